The first-order valence-corrected chi connectivity index (χ1v) is 15.4. The van der Waals surface area contributed by atoms with Crippen molar-refractivity contribution in [2.24, 2.45) is 29.6 Å². The molecule has 5 rings (SSSR count). The van der Waals surface area contributed by atoms with Gasteiger partial charge in [0.15, 0.2) is 6.10 Å². The van der Waals surface area contributed by atoms with E-state index in [0.717, 1.165) is 5.57 Å². The number of methoxy groups -OCH3 is 1. The van der Waals surface area contributed by atoms with Crippen LogP contribution in [0.25, 0.3) is 0 Å². The number of H-pyrrole nitrogens is 1. The molecule has 220 valence electrons. The van der Waals surface area contributed by atoms with Crippen LogP contribution in [-0.4, -0.2) is 83.6 Å². The zero-order chi connectivity index (χ0) is 28.8. The van der Waals surface area contributed by atoms with Gasteiger partial charge >= 0.3 is 11.9 Å². The Hall–Kier alpha value is -2.11. The molecule has 2 N–H and O–H groups in total. The lowest BCUT2D eigenvalue weighted by Crippen LogP contribution is -2.57. The molecule has 1 saturated heterocycles. The molecule has 1 aromatic rings. The Labute approximate surface area is 240 Å². The normalized spacial score (nSPS) is 42.8. The van der Waals surface area contributed by atoms with Gasteiger partial charge in [-0.3, -0.25) is 0 Å². The standard InChI is InChI=1S/C30H41NO8S/c1-15-12-16(2)30-19(13-22(35-5)29(34)37-25(15)18(4)36-14-40-6)9-10-20-23(30)24(32)17(3)26(27(20)39-30)38-28(33)21-8-7-11-31-21/h7-12,15,17-20,22-27,31-32H,13-14H2,1-6H3/b16-12+/t15-,17-,18-,19-,20-,22+,23+,24-,25+,26-,27-,30+/m1/s1. The van der Waals surface area contributed by atoms with E-state index in [4.69, 9.17) is 23.7 Å². The van der Waals surface area contributed by atoms with Gasteiger partial charge in [0, 0.05) is 42.9 Å². The molecule has 4 aliphatic rings. The van der Waals surface area contributed by atoms with E-state index in [1.165, 1.54) is 7.11 Å². The van der Waals surface area contributed by atoms with Gasteiger partial charge in [-0.2, -0.15) is 0 Å². The third-order valence-corrected chi connectivity index (χ3v) is 9.74. The second-order valence-electron chi connectivity index (χ2n) is 11.6. The Morgan fingerprint density at radius 1 is 1.32 bits per heavy atom. The van der Waals surface area contributed by atoms with E-state index in [-0.39, 0.29) is 35.7 Å². The van der Waals surface area contributed by atoms with Crippen molar-refractivity contribution in [3.63, 3.8) is 0 Å². The Morgan fingerprint density at radius 3 is 2.77 bits per heavy atom. The van der Waals surface area contributed by atoms with Gasteiger partial charge < -0.3 is 33.8 Å². The summed E-state index contributed by atoms with van der Waals surface area (Å²) in [5.41, 5.74) is 0.414. The van der Waals surface area contributed by atoms with Crippen molar-refractivity contribution in [3.05, 3.63) is 47.8 Å². The van der Waals surface area contributed by atoms with Crippen LogP contribution in [0.2, 0.25) is 0 Å². The van der Waals surface area contributed by atoms with Crippen molar-refractivity contribution >= 4 is 23.7 Å². The number of hydrogen-bond donors (Lipinski definition) is 2. The van der Waals surface area contributed by atoms with Crippen LogP contribution >= 0.6 is 11.8 Å². The molecule has 2 aliphatic heterocycles. The van der Waals surface area contributed by atoms with Gasteiger partial charge in [-0.15, -0.1) is 11.8 Å². The summed E-state index contributed by atoms with van der Waals surface area (Å²) < 4.78 is 30.7. The number of ether oxygens (including phenoxy) is 5. The van der Waals surface area contributed by atoms with Crippen LogP contribution in [0, 0.1) is 29.6 Å². The maximum atomic E-state index is 13.4. The van der Waals surface area contributed by atoms with Gasteiger partial charge in [-0.25, -0.2) is 9.59 Å². The zero-order valence-corrected chi connectivity index (χ0v) is 24.8. The third kappa shape index (κ3) is 4.85. The van der Waals surface area contributed by atoms with E-state index in [0.29, 0.717) is 18.1 Å². The van der Waals surface area contributed by atoms with Gasteiger partial charge in [-0.1, -0.05) is 32.1 Å². The molecule has 2 fully saturated rings. The number of cyclic esters (lactones) is 1. The summed E-state index contributed by atoms with van der Waals surface area (Å²) in [6.07, 6.45) is 6.61. The van der Waals surface area contributed by atoms with Crippen LogP contribution in [-0.2, 0) is 28.5 Å². The van der Waals surface area contributed by atoms with E-state index in [1.54, 1.807) is 30.1 Å². The smallest absolute Gasteiger partial charge is 0.355 e. The van der Waals surface area contributed by atoms with Crippen molar-refractivity contribution in [3.8, 4) is 0 Å². The first-order chi connectivity index (χ1) is 19.1. The topological polar surface area (TPSA) is 116 Å². The summed E-state index contributed by atoms with van der Waals surface area (Å²) in [6, 6.07) is 3.40. The Bertz CT molecular complexity index is 1140. The SMILES string of the molecule is CO[C@H]1C[C@H]2C=C[C@H]3[C@H]4O[C@]2(/C(C)=C/[C@@H](C)[C@@H]([C@@H](C)OCSC)OC1=O)[C@@H]3[C@H](O)[C@@H](C)[C@H]4OC(=O)c1ccc[nH]1. The second-order valence-corrected chi connectivity index (χ2v) is 12.4. The fourth-order valence-electron chi connectivity index (χ4n) is 7.40. The zero-order valence-electron chi connectivity index (χ0n) is 23.9. The van der Waals surface area contributed by atoms with Crippen LogP contribution < -0.4 is 0 Å². The summed E-state index contributed by atoms with van der Waals surface area (Å²) >= 11 is 1.56. The van der Waals surface area contributed by atoms with Gasteiger partial charge in [0.1, 0.15) is 29.6 Å². The lowest BCUT2D eigenvalue weighted by atomic mass is 9.57. The maximum absolute atomic E-state index is 13.4. The molecule has 0 aromatic carbocycles. The molecule has 2 aliphatic carbocycles. The highest BCUT2D eigenvalue weighted by molar-refractivity contribution is 7.98. The number of aliphatic hydroxyl groups is 1. The molecule has 0 amide bonds. The number of carbonyl (C=O) groups excluding carboxylic acids is 2. The first-order valence-electron chi connectivity index (χ1n) is 14.0. The predicted molar refractivity (Wildman–Crippen MR) is 150 cm³/mol. The highest BCUT2D eigenvalue weighted by atomic mass is 32.2. The monoisotopic (exact) mass is 575 g/mol. The summed E-state index contributed by atoms with van der Waals surface area (Å²) in [4.78, 5) is 29.2. The maximum Gasteiger partial charge on any atom is 0.355 e. The fourth-order valence-corrected chi connectivity index (χ4v) is 7.75. The molecule has 1 saturated carbocycles. The minimum atomic E-state index is -0.901. The predicted octanol–water partition coefficient (Wildman–Crippen LogP) is 3.75. The molecule has 1 spiro atoms. The Kier molecular flexibility index (Phi) is 8.55. The molecule has 0 radical (unpaired) electrons. The summed E-state index contributed by atoms with van der Waals surface area (Å²) in [5.74, 6) is -1.68. The number of aliphatic hydroxyl groups excluding tert-OH is 1. The largest absolute Gasteiger partial charge is 0.457 e. The van der Waals surface area contributed by atoms with Gasteiger partial charge in [0.25, 0.3) is 0 Å². The minimum absolute atomic E-state index is 0.155. The van der Waals surface area contributed by atoms with Crippen molar-refractivity contribution in [2.75, 3.05) is 19.3 Å². The number of aromatic amines is 1. The third-order valence-electron chi connectivity index (χ3n) is 9.37. The molecular formula is C30H41NO8S. The van der Waals surface area contributed by atoms with E-state index in [2.05, 4.69) is 23.2 Å². The van der Waals surface area contributed by atoms with E-state index < -0.39 is 48.1 Å². The molecule has 0 unspecified atom stereocenters. The number of nitrogens with one attached hydrogen (secondary N) is 1. The van der Waals surface area contributed by atoms with E-state index in [1.807, 2.05) is 34.0 Å². The number of hydrogen-bond acceptors (Lipinski definition) is 9. The van der Waals surface area contributed by atoms with Crippen LogP contribution in [0.15, 0.2) is 42.1 Å². The first kappa shape index (κ1) is 29.4. The Morgan fingerprint density at radius 2 is 2.10 bits per heavy atom. The van der Waals surface area contributed by atoms with Crippen LogP contribution in [0.5, 0.6) is 0 Å². The lowest BCUT2D eigenvalue weighted by molar-refractivity contribution is -0.173. The van der Waals surface area contributed by atoms with Crippen LogP contribution in [0.4, 0.5) is 0 Å². The van der Waals surface area contributed by atoms with Gasteiger partial charge in [-0.05, 0) is 44.2 Å². The quantitative estimate of drug-likeness (QED) is 0.285. The molecule has 3 heterocycles. The molecule has 4 bridgehead atoms. The van der Waals surface area contributed by atoms with Crippen LogP contribution in [0.3, 0.4) is 0 Å². The lowest BCUT2D eigenvalue weighted by Gasteiger charge is -2.49. The second kappa shape index (κ2) is 11.6. The average Bonchev–Trinajstić information content (AvgIpc) is 3.54. The molecule has 10 heteroatoms. The molecular weight excluding hydrogens is 534 g/mol. The molecule has 1 aromatic heterocycles. The number of aromatic nitrogens is 1. The number of carbonyl (C=O) groups is 2. The number of rotatable bonds is 7. The summed E-state index contributed by atoms with van der Waals surface area (Å²) in [7, 11) is 1.51. The highest BCUT2D eigenvalue weighted by Crippen LogP contribution is 2.61. The molecule has 9 nitrogen and oxygen atoms in total. The highest BCUT2D eigenvalue weighted by Gasteiger charge is 2.69. The van der Waals surface area contributed by atoms with Gasteiger partial charge in [0.05, 0.1) is 18.1 Å². The van der Waals surface area contributed by atoms with Crippen molar-refractivity contribution < 1.29 is 38.4 Å². The summed E-state index contributed by atoms with van der Waals surface area (Å²) in [5, 5.41) is 11.8. The van der Waals surface area contributed by atoms with Gasteiger partial charge in [0.2, 0.25) is 0 Å². The van der Waals surface area contributed by atoms with E-state index in [9.17, 15) is 14.7 Å². The fraction of sp³-hybridized carbons (Fsp3) is 0.667. The van der Waals surface area contributed by atoms with Crippen molar-refractivity contribution in [2.45, 2.75) is 76.3 Å². The average molecular weight is 576 g/mol. The van der Waals surface area contributed by atoms with Crippen molar-refractivity contribution in [1.29, 1.82) is 0 Å². The Balaban J connectivity index is 1.55. The minimum Gasteiger partial charge on any atom is -0.457 e. The van der Waals surface area contributed by atoms with E-state index >= 15 is 0 Å². The number of esters is 2. The molecule has 40 heavy (non-hydrogen) atoms. The molecule has 12 atom stereocenters. The van der Waals surface area contributed by atoms with Crippen molar-refractivity contribution in [1.82, 2.24) is 4.98 Å². The summed E-state index contributed by atoms with van der Waals surface area (Å²) in [6.45, 7) is 7.86. The number of thioether (sulfide) groups is 1. The van der Waals surface area contributed by atoms with Crippen LogP contribution in [0.1, 0.15) is 44.6 Å².